The molecule has 0 atom stereocenters. The number of nitriles is 1. The number of hydrogen-bond acceptors (Lipinski definition) is 13. The Kier molecular flexibility index (Phi) is 13.5. The summed E-state index contributed by atoms with van der Waals surface area (Å²) in [4.78, 5) is 50.3. The van der Waals surface area contributed by atoms with Crippen molar-refractivity contribution in [3.8, 4) is 29.1 Å². The lowest BCUT2D eigenvalue weighted by Crippen LogP contribution is -2.15. The van der Waals surface area contributed by atoms with E-state index in [1.54, 1.807) is 62.4 Å². The molecule has 4 rings (SSSR count). The summed E-state index contributed by atoms with van der Waals surface area (Å²) in [7, 11) is 1.51. The van der Waals surface area contributed by atoms with Crippen molar-refractivity contribution < 1.29 is 47.6 Å². The second kappa shape index (κ2) is 18.1. The average Bonchev–Trinajstić information content (AvgIpc) is 3.56. The van der Waals surface area contributed by atoms with Crippen LogP contribution in [0.2, 0.25) is 0 Å². The van der Waals surface area contributed by atoms with Crippen molar-refractivity contribution in [3.63, 3.8) is 0 Å². The second-order valence-corrected chi connectivity index (χ2v) is 11.9. The monoisotopic (exact) mass is 700 g/mol. The van der Waals surface area contributed by atoms with Gasteiger partial charge in [-0.2, -0.15) is 5.26 Å². The van der Waals surface area contributed by atoms with Gasteiger partial charge in [-0.05, 0) is 100 Å². The number of rotatable bonds is 16. The molecule has 1 aliphatic heterocycles. The first-order chi connectivity index (χ1) is 24.1. The van der Waals surface area contributed by atoms with Crippen LogP contribution in [0.1, 0.15) is 60.2 Å². The number of benzene rings is 3. The van der Waals surface area contributed by atoms with E-state index in [1.165, 1.54) is 19.2 Å². The number of methoxy groups -OCH3 is 1. The van der Waals surface area contributed by atoms with Crippen LogP contribution in [0.5, 0.6) is 23.0 Å². The molecular formula is C37H36N2O10S. The highest BCUT2D eigenvalue weighted by atomic mass is 32.2. The quantitative estimate of drug-likeness (QED) is 0.0535. The summed E-state index contributed by atoms with van der Waals surface area (Å²) in [5.74, 6) is -1.27. The number of esters is 4. The van der Waals surface area contributed by atoms with Gasteiger partial charge in [0.1, 0.15) is 34.0 Å². The van der Waals surface area contributed by atoms with Crippen molar-refractivity contribution in [2.75, 3.05) is 25.6 Å². The standard InChI is InChI=1S/C37H36N2O10S/c1-5-31(40)46-21-9-7-6-8-20-45-27-16-12-25(13-17-27)36(42)49-30-19-18-29(48-35(41)24-10-14-26(44-4)15-11-24)32-33(30)50-34(39-32)28(22-38)37(43)47-23(2)3/h5,10-19,23,39H,1,6-9,20-21H2,2-4H3/b34-28-. The molecule has 1 heterocycles. The third kappa shape index (κ3) is 10.1. The van der Waals surface area contributed by atoms with Crippen molar-refractivity contribution in [2.45, 2.75) is 50.5 Å². The van der Waals surface area contributed by atoms with E-state index in [0.29, 0.717) is 29.6 Å². The molecule has 0 unspecified atom stereocenters. The molecule has 0 fully saturated rings. The van der Waals surface area contributed by atoms with E-state index in [4.69, 9.17) is 28.4 Å². The lowest BCUT2D eigenvalue weighted by molar-refractivity contribution is -0.142. The van der Waals surface area contributed by atoms with E-state index in [2.05, 4.69) is 11.9 Å². The summed E-state index contributed by atoms with van der Waals surface area (Å²) in [6.07, 6.45) is 4.02. The predicted molar refractivity (Wildman–Crippen MR) is 184 cm³/mol. The molecular weight excluding hydrogens is 664 g/mol. The lowest BCUT2D eigenvalue weighted by atomic mass is 10.2. The Morgan fingerprint density at radius 3 is 2.00 bits per heavy atom. The number of carbonyl (C=O) groups excluding carboxylic acids is 4. The van der Waals surface area contributed by atoms with Crippen molar-refractivity contribution in [3.05, 3.63) is 95.0 Å². The molecule has 3 aromatic carbocycles. The Morgan fingerprint density at radius 2 is 1.42 bits per heavy atom. The van der Waals surface area contributed by atoms with Crippen molar-refractivity contribution in [1.82, 2.24) is 0 Å². The first-order valence-corrected chi connectivity index (χ1v) is 16.5. The third-order valence-electron chi connectivity index (χ3n) is 6.95. The molecule has 0 bridgehead atoms. The molecule has 13 heteroatoms. The van der Waals surface area contributed by atoms with Crippen LogP contribution < -0.4 is 24.3 Å². The number of nitrogens with one attached hydrogen (secondary N) is 1. The van der Waals surface area contributed by atoms with Gasteiger partial charge >= 0.3 is 23.9 Å². The SMILES string of the molecule is C=CC(=O)OCCCCCCOc1ccc(C(=O)Oc2ccc(OC(=O)c3ccc(OC)cc3)c3c2S/C(=C(/C#N)C(=O)OC(C)C)N3)cc1. The number of carbonyl (C=O) groups is 4. The molecule has 0 saturated carbocycles. The summed E-state index contributed by atoms with van der Waals surface area (Å²) in [5, 5.41) is 12.9. The highest BCUT2D eigenvalue weighted by molar-refractivity contribution is 8.04. The van der Waals surface area contributed by atoms with Gasteiger partial charge in [-0.25, -0.2) is 19.2 Å². The summed E-state index contributed by atoms with van der Waals surface area (Å²) in [6, 6.07) is 17.6. The molecule has 0 spiro atoms. The average molecular weight is 701 g/mol. The largest absolute Gasteiger partial charge is 0.497 e. The molecule has 0 radical (unpaired) electrons. The molecule has 12 nitrogen and oxygen atoms in total. The molecule has 3 aromatic rings. The zero-order chi connectivity index (χ0) is 36.0. The van der Waals surface area contributed by atoms with Gasteiger partial charge in [0.2, 0.25) is 0 Å². The minimum Gasteiger partial charge on any atom is -0.497 e. The van der Waals surface area contributed by atoms with Gasteiger partial charge in [-0.1, -0.05) is 18.3 Å². The van der Waals surface area contributed by atoms with E-state index < -0.39 is 30.0 Å². The van der Waals surface area contributed by atoms with Crippen LogP contribution in [0, 0.1) is 11.3 Å². The van der Waals surface area contributed by atoms with Gasteiger partial charge in [0, 0.05) is 6.08 Å². The van der Waals surface area contributed by atoms with Crippen LogP contribution in [-0.4, -0.2) is 50.3 Å². The lowest BCUT2D eigenvalue weighted by Gasteiger charge is -2.13. The number of hydrogen-bond donors (Lipinski definition) is 1. The Labute approximate surface area is 293 Å². The van der Waals surface area contributed by atoms with Gasteiger partial charge in [0.25, 0.3) is 0 Å². The highest BCUT2D eigenvalue weighted by Gasteiger charge is 2.31. The van der Waals surface area contributed by atoms with Crippen molar-refractivity contribution in [2.24, 2.45) is 0 Å². The summed E-state index contributed by atoms with van der Waals surface area (Å²) < 4.78 is 32.5. The number of unbranched alkanes of at least 4 members (excludes halogenated alkanes) is 3. The molecule has 50 heavy (non-hydrogen) atoms. The molecule has 0 aromatic heterocycles. The van der Waals surface area contributed by atoms with Crippen LogP contribution in [0.25, 0.3) is 0 Å². The first kappa shape index (κ1) is 37.1. The Hall–Kier alpha value is -5.74. The zero-order valence-electron chi connectivity index (χ0n) is 27.8. The van der Waals surface area contributed by atoms with Crippen molar-refractivity contribution in [1.29, 1.82) is 5.26 Å². The van der Waals surface area contributed by atoms with Crippen LogP contribution in [0.4, 0.5) is 5.69 Å². The van der Waals surface area contributed by atoms with Gasteiger partial charge < -0.3 is 33.7 Å². The minimum atomic E-state index is -0.838. The summed E-state index contributed by atoms with van der Waals surface area (Å²) in [5.41, 5.74) is 0.434. The topological polar surface area (TPSA) is 159 Å². The van der Waals surface area contributed by atoms with E-state index in [-0.39, 0.29) is 38.9 Å². The Morgan fingerprint density at radius 1 is 0.840 bits per heavy atom. The van der Waals surface area contributed by atoms with Gasteiger partial charge in [-0.15, -0.1) is 0 Å². The van der Waals surface area contributed by atoms with Crippen LogP contribution in [-0.2, 0) is 19.1 Å². The minimum absolute atomic E-state index is 0.0789. The van der Waals surface area contributed by atoms with Gasteiger partial charge in [0.15, 0.2) is 11.3 Å². The zero-order valence-corrected chi connectivity index (χ0v) is 28.6. The molecule has 1 N–H and O–H groups in total. The fourth-order valence-electron chi connectivity index (χ4n) is 4.46. The molecule has 0 amide bonds. The third-order valence-corrected chi connectivity index (χ3v) is 8.07. The molecule has 1 aliphatic rings. The Bertz CT molecular complexity index is 1790. The smallest absolute Gasteiger partial charge is 0.351 e. The van der Waals surface area contributed by atoms with Crippen molar-refractivity contribution >= 4 is 41.3 Å². The van der Waals surface area contributed by atoms with Gasteiger partial charge in [0.05, 0.1) is 42.4 Å². The highest BCUT2D eigenvalue weighted by Crippen LogP contribution is 2.52. The van der Waals surface area contributed by atoms with E-state index >= 15 is 0 Å². The fraction of sp³-hybridized carbons (Fsp3) is 0.270. The molecule has 260 valence electrons. The maximum absolute atomic E-state index is 13.2. The number of nitrogens with zero attached hydrogens (tertiary/aromatic N) is 1. The normalized spacial score (nSPS) is 12.5. The summed E-state index contributed by atoms with van der Waals surface area (Å²) in [6.45, 7) is 7.51. The molecule has 0 aliphatic carbocycles. The number of thioether (sulfide) groups is 1. The van der Waals surface area contributed by atoms with E-state index in [9.17, 15) is 24.4 Å². The number of anilines is 1. The summed E-state index contributed by atoms with van der Waals surface area (Å²) >= 11 is 0.966. The maximum Gasteiger partial charge on any atom is 0.351 e. The van der Waals surface area contributed by atoms with Crippen LogP contribution in [0.3, 0.4) is 0 Å². The maximum atomic E-state index is 13.2. The fourth-order valence-corrected chi connectivity index (χ4v) is 5.51. The predicted octanol–water partition coefficient (Wildman–Crippen LogP) is 7.01. The Balaban J connectivity index is 1.46. The number of ether oxygens (including phenoxy) is 6. The van der Waals surface area contributed by atoms with Gasteiger partial charge in [-0.3, -0.25) is 0 Å². The first-order valence-electron chi connectivity index (χ1n) is 15.7. The number of fused-ring (bicyclic) bond motifs is 1. The second-order valence-electron chi connectivity index (χ2n) is 10.9. The van der Waals surface area contributed by atoms with Crippen LogP contribution in [0.15, 0.2) is 88.8 Å². The van der Waals surface area contributed by atoms with E-state index in [0.717, 1.165) is 43.5 Å². The van der Waals surface area contributed by atoms with Crippen LogP contribution >= 0.6 is 11.8 Å². The molecule has 0 saturated heterocycles. The van der Waals surface area contributed by atoms with E-state index in [1.807, 2.05) is 6.07 Å².